The number of ether oxygens (including phenoxy) is 1. The van der Waals surface area contributed by atoms with Crippen LogP contribution in [0.4, 0.5) is 13.2 Å². The highest BCUT2D eigenvalue weighted by atomic mass is 35.5. The van der Waals surface area contributed by atoms with Gasteiger partial charge in [0, 0.05) is 11.6 Å². The Bertz CT molecular complexity index is 1090. The maximum absolute atomic E-state index is 13.7. The summed E-state index contributed by atoms with van der Waals surface area (Å²) in [5, 5.41) is 0.375. The first-order chi connectivity index (χ1) is 13.7. The van der Waals surface area contributed by atoms with E-state index < -0.39 is 33.3 Å². The van der Waals surface area contributed by atoms with E-state index in [1.807, 2.05) is 0 Å². The molecule has 1 heterocycles. The highest BCUT2D eigenvalue weighted by molar-refractivity contribution is 7.91. The summed E-state index contributed by atoms with van der Waals surface area (Å²) in [5.74, 6) is 0. The van der Waals surface area contributed by atoms with Crippen LogP contribution in [0.3, 0.4) is 0 Å². The van der Waals surface area contributed by atoms with Crippen LogP contribution in [-0.4, -0.2) is 19.6 Å². The lowest BCUT2D eigenvalue weighted by molar-refractivity contribution is -0.145. The summed E-state index contributed by atoms with van der Waals surface area (Å²) in [4.78, 5) is -0.546. The largest absolute Gasteiger partial charge is 0.431 e. The molecular weight excluding hydrogens is 427 g/mol. The third kappa shape index (κ3) is 4.34. The van der Waals surface area contributed by atoms with E-state index in [4.69, 9.17) is 16.3 Å². The van der Waals surface area contributed by atoms with E-state index in [-0.39, 0.29) is 22.8 Å². The fourth-order valence-electron chi connectivity index (χ4n) is 2.91. The van der Waals surface area contributed by atoms with E-state index in [2.05, 4.69) is 0 Å². The van der Waals surface area contributed by atoms with Gasteiger partial charge in [-0.1, -0.05) is 41.9 Å². The van der Waals surface area contributed by atoms with Crippen molar-refractivity contribution in [1.82, 2.24) is 4.57 Å². The van der Waals surface area contributed by atoms with Gasteiger partial charge in [-0.3, -0.25) is 0 Å². The summed E-state index contributed by atoms with van der Waals surface area (Å²) >= 11 is 5.90. The number of alkyl halides is 3. The second-order valence-electron chi connectivity index (χ2n) is 6.11. The first-order valence-electron chi connectivity index (χ1n) is 8.60. The lowest BCUT2D eigenvalue weighted by Crippen LogP contribution is -2.16. The Balaban J connectivity index is 2.35. The van der Waals surface area contributed by atoms with E-state index in [0.29, 0.717) is 11.1 Å². The second-order valence-corrected chi connectivity index (χ2v) is 8.47. The van der Waals surface area contributed by atoms with Crippen molar-refractivity contribution in [3.63, 3.8) is 0 Å². The molecule has 9 heteroatoms. The van der Waals surface area contributed by atoms with Crippen LogP contribution in [0, 0.1) is 0 Å². The van der Waals surface area contributed by atoms with Crippen molar-refractivity contribution in [2.75, 3.05) is 6.61 Å². The Kier molecular flexibility index (Phi) is 6.07. The van der Waals surface area contributed by atoms with Gasteiger partial charge in [-0.2, -0.15) is 13.2 Å². The Morgan fingerprint density at radius 2 is 1.66 bits per heavy atom. The van der Waals surface area contributed by atoms with Gasteiger partial charge in [-0.15, -0.1) is 0 Å². The molecular formula is C20H17ClF3NO3S. The van der Waals surface area contributed by atoms with Crippen LogP contribution in [0.15, 0.2) is 70.5 Å². The van der Waals surface area contributed by atoms with Crippen molar-refractivity contribution in [1.29, 1.82) is 0 Å². The van der Waals surface area contributed by atoms with Gasteiger partial charge in [-0.05, 0) is 42.8 Å². The number of rotatable bonds is 6. The molecule has 0 N–H and O–H groups in total. The molecule has 0 fully saturated rings. The molecule has 1 aromatic heterocycles. The van der Waals surface area contributed by atoms with Gasteiger partial charge in [0.2, 0.25) is 9.84 Å². The van der Waals surface area contributed by atoms with Crippen molar-refractivity contribution in [3.8, 4) is 11.3 Å². The molecule has 0 aliphatic carbocycles. The van der Waals surface area contributed by atoms with Gasteiger partial charge < -0.3 is 9.30 Å². The van der Waals surface area contributed by atoms with E-state index in [1.165, 1.54) is 48.5 Å². The fourth-order valence-corrected chi connectivity index (χ4v) is 4.56. The molecule has 0 saturated heterocycles. The smallest absolute Gasteiger partial charge is 0.361 e. The zero-order chi connectivity index (χ0) is 21.2. The average molecular weight is 444 g/mol. The van der Waals surface area contributed by atoms with Crippen LogP contribution in [0.5, 0.6) is 0 Å². The maximum Gasteiger partial charge on any atom is 0.431 e. The summed E-state index contributed by atoms with van der Waals surface area (Å²) in [6.45, 7) is 1.35. The summed E-state index contributed by atoms with van der Waals surface area (Å²) in [5.41, 5.74) is -0.934. The standard InChI is InChI=1S/C20H17ClF3NO3S/c1-2-28-13-25-18(20(22,23)24)12-17(19(25)14-8-10-15(21)11-9-14)29(26,27)16-6-4-3-5-7-16/h3-12H,2,13H2,1H3. The molecule has 3 aromatic rings. The Labute approximate surface area is 171 Å². The number of nitrogens with zero attached hydrogens (tertiary/aromatic N) is 1. The van der Waals surface area contributed by atoms with Crippen LogP contribution in [-0.2, 0) is 27.5 Å². The van der Waals surface area contributed by atoms with E-state index in [9.17, 15) is 21.6 Å². The predicted molar refractivity (Wildman–Crippen MR) is 103 cm³/mol. The SMILES string of the molecule is CCOCn1c(C(F)(F)F)cc(S(=O)(=O)c2ccccc2)c1-c1ccc(Cl)cc1. The molecule has 3 rings (SSSR count). The van der Waals surface area contributed by atoms with Gasteiger partial charge in [0.1, 0.15) is 12.4 Å². The minimum Gasteiger partial charge on any atom is -0.361 e. The van der Waals surface area contributed by atoms with Crippen molar-refractivity contribution in [2.24, 2.45) is 0 Å². The molecule has 0 unspecified atom stereocenters. The van der Waals surface area contributed by atoms with Crippen molar-refractivity contribution < 1.29 is 26.3 Å². The molecule has 0 aliphatic heterocycles. The van der Waals surface area contributed by atoms with Crippen molar-refractivity contribution >= 4 is 21.4 Å². The van der Waals surface area contributed by atoms with Crippen LogP contribution in [0.1, 0.15) is 12.6 Å². The molecule has 0 aliphatic rings. The Morgan fingerprint density at radius 3 is 2.21 bits per heavy atom. The first-order valence-corrected chi connectivity index (χ1v) is 10.5. The topological polar surface area (TPSA) is 48.3 Å². The normalized spacial score (nSPS) is 12.3. The van der Waals surface area contributed by atoms with Gasteiger partial charge >= 0.3 is 6.18 Å². The van der Waals surface area contributed by atoms with Crippen LogP contribution in [0.25, 0.3) is 11.3 Å². The zero-order valence-corrected chi connectivity index (χ0v) is 16.9. The monoisotopic (exact) mass is 443 g/mol. The molecule has 29 heavy (non-hydrogen) atoms. The van der Waals surface area contributed by atoms with E-state index >= 15 is 0 Å². The average Bonchev–Trinajstić information content (AvgIpc) is 3.08. The van der Waals surface area contributed by atoms with Crippen LogP contribution in [0.2, 0.25) is 5.02 Å². The molecule has 4 nitrogen and oxygen atoms in total. The van der Waals surface area contributed by atoms with Crippen LogP contribution >= 0.6 is 11.6 Å². The minimum atomic E-state index is -4.78. The van der Waals surface area contributed by atoms with Gasteiger partial charge in [0.25, 0.3) is 0 Å². The number of hydrogen-bond donors (Lipinski definition) is 0. The van der Waals surface area contributed by atoms with Crippen LogP contribution < -0.4 is 0 Å². The molecule has 154 valence electrons. The summed E-state index contributed by atoms with van der Waals surface area (Å²) in [7, 11) is -4.22. The maximum atomic E-state index is 13.7. The third-order valence-electron chi connectivity index (χ3n) is 4.24. The molecule has 0 amide bonds. The minimum absolute atomic E-state index is 0.0995. The van der Waals surface area contributed by atoms with Gasteiger partial charge in [-0.25, -0.2) is 8.42 Å². The highest BCUT2D eigenvalue weighted by Crippen LogP contribution is 2.40. The summed E-state index contributed by atoms with van der Waals surface area (Å²) in [6.07, 6.45) is -4.78. The molecule has 2 aromatic carbocycles. The quantitative estimate of drug-likeness (QED) is 0.494. The molecule has 0 bridgehead atoms. The summed E-state index contributed by atoms with van der Waals surface area (Å²) < 4.78 is 73.7. The van der Waals surface area contributed by atoms with Crippen molar-refractivity contribution in [2.45, 2.75) is 29.6 Å². The number of hydrogen-bond acceptors (Lipinski definition) is 3. The third-order valence-corrected chi connectivity index (χ3v) is 6.27. The fraction of sp³-hybridized carbons (Fsp3) is 0.200. The highest BCUT2D eigenvalue weighted by Gasteiger charge is 2.39. The molecule has 0 saturated carbocycles. The Morgan fingerprint density at radius 1 is 1.03 bits per heavy atom. The second kappa shape index (κ2) is 8.22. The Hall–Kier alpha value is -2.29. The van der Waals surface area contributed by atoms with Gasteiger partial charge in [0.15, 0.2) is 0 Å². The number of sulfone groups is 1. The lowest BCUT2D eigenvalue weighted by Gasteiger charge is -2.16. The van der Waals surface area contributed by atoms with Crippen molar-refractivity contribution in [3.05, 3.63) is 71.4 Å². The van der Waals surface area contributed by atoms with E-state index in [0.717, 1.165) is 4.57 Å². The predicted octanol–water partition coefficient (Wildman–Crippen LogP) is 5.65. The molecule has 0 spiro atoms. The lowest BCUT2D eigenvalue weighted by atomic mass is 10.1. The first kappa shape index (κ1) is 21.4. The van der Waals surface area contributed by atoms with E-state index in [1.54, 1.807) is 13.0 Å². The summed E-state index contributed by atoms with van der Waals surface area (Å²) in [6, 6.07) is 13.9. The number of aromatic nitrogens is 1. The molecule has 0 atom stereocenters. The zero-order valence-electron chi connectivity index (χ0n) is 15.3. The van der Waals surface area contributed by atoms with Gasteiger partial charge in [0.05, 0.1) is 15.5 Å². The number of benzene rings is 2. The number of halogens is 4. The molecule has 0 radical (unpaired) electrons.